The molecular formula is C4H6F2O3S. The molecule has 1 aliphatic rings. The quantitative estimate of drug-likeness (QED) is 0.600. The zero-order valence-corrected chi connectivity index (χ0v) is 5.77. The molecule has 3 nitrogen and oxygen atoms in total. The molecule has 0 aliphatic carbocycles. The van der Waals surface area contributed by atoms with E-state index in [0.29, 0.717) is 0 Å². The van der Waals surface area contributed by atoms with Gasteiger partial charge in [0.2, 0.25) is 0 Å². The minimum atomic E-state index is -1.96. The second-order valence-electron chi connectivity index (χ2n) is 1.78. The summed E-state index contributed by atoms with van der Waals surface area (Å²) in [7, 11) is 0. The lowest BCUT2D eigenvalue weighted by Gasteiger charge is -2.04. The molecule has 0 aromatic carbocycles. The van der Waals surface area contributed by atoms with Crippen molar-refractivity contribution in [1.29, 1.82) is 0 Å². The van der Waals surface area contributed by atoms with Crippen LogP contribution in [0.1, 0.15) is 0 Å². The first-order valence-electron chi connectivity index (χ1n) is 2.66. The Balaban J connectivity index is 2.48. The van der Waals surface area contributed by atoms with Gasteiger partial charge in [-0.2, -0.15) is 4.21 Å². The van der Waals surface area contributed by atoms with E-state index < -0.39 is 36.9 Å². The normalized spacial score (nSPS) is 40.4. The summed E-state index contributed by atoms with van der Waals surface area (Å²) >= 11 is -1.96. The number of hydrogen-bond donors (Lipinski definition) is 0. The third-order valence-electron chi connectivity index (χ3n) is 1.12. The van der Waals surface area contributed by atoms with E-state index in [4.69, 9.17) is 0 Å². The summed E-state index contributed by atoms with van der Waals surface area (Å²) in [5, 5.41) is 0. The predicted octanol–water partition coefficient (Wildman–Crippen LogP) is 0.288. The average molecular weight is 172 g/mol. The van der Waals surface area contributed by atoms with Gasteiger partial charge in [0.05, 0.1) is 0 Å². The van der Waals surface area contributed by atoms with Crippen LogP contribution in [0.3, 0.4) is 0 Å². The van der Waals surface area contributed by atoms with Crippen LogP contribution < -0.4 is 0 Å². The Morgan fingerprint density at radius 1 is 1.20 bits per heavy atom. The van der Waals surface area contributed by atoms with Crippen LogP contribution in [0.5, 0.6) is 0 Å². The smallest absolute Gasteiger partial charge is 0.259 e. The van der Waals surface area contributed by atoms with Crippen LogP contribution in [-0.4, -0.2) is 29.8 Å². The molecule has 0 aromatic rings. The van der Waals surface area contributed by atoms with Crippen molar-refractivity contribution in [3.63, 3.8) is 0 Å². The van der Waals surface area contributed by atoms with Gasteiger partial charge in [-0.05, 0) is 0 Å². The van der Waals surface area contributed by atoms with Crippen LogP contribution in [0.15, 0.2) is 0 Å². The van der Waals surface area contributed by atoms with Crippen molar-refractivity contribution in [2.45, 2.75) is 12.2 Å². The van der Waals surface area contributed by atoms with Gasteiger partial charge in [0.25, 0.3) is 0 Å². The minimum absolute atomic E-state index is 0.875. The van der Waals surface area contributed by atoms with Crippen molar-refractivity contribution in [2.24, 2.45) is 0 Å². The van der Waals surface area contributed by atoms with Gasteiger partial charge < -0.3 is 0 Å². The zero-order chi connectivity index (χ0) is 7.56. The van der Waals surface area contributed by atoms with Gasteiger partial charge >= 0.3 is 11.4 Å². The Morgan fingerprint density at radius 3 is 1.90 bits per heavy atom. The summed E-state index contributed by atoms with van der Waals surface area (Å²) < 4.78 is 42.6. The number of rotatable bonds is 2. The molecule has 2 unspecified atom stereocenters. The van der Waals surface area contributed by atoms with E-state index in [9.17, 15) is 13.0 Å². The van der Waals surface area contributed by atoms with Crippen LogP contribution in [0, 0.1) is 0 Å². The monoisotopic (exact) mass is 172 g/mol. The molecule has 10 heavy (non-hydrogen) atoms. The summed E-state index contributed by atoms with van der Waals surface area (Å²) in [4.78, 5) is 0. The fraction of sp³-hybridized carbons (Fsp3) is 1.00. The van der Waals surface area contributed by atoms with Crippen LogP contribution in [0.2, 0.25) is 0 Å². The highest BCUT2D eigenvalue weighted by atomic mass is 32.2. The zero-order valence-electron chi connectivity index (χ0n) is 4.96. The highest BCUT2D eigenvalue weighted by molar-refractivity contribution is 7.75. The first-order valence-corrected chi connectivity index (χ1v) is 3.66. The van der Waals surface area contributed by atoms with Crippen LogP contribution in [-0.2, 0) is 19.7 Å². The first-order chi connectivity index (χ1) is 4.77. The van der Waals surface area contributed by atoms with Gasteiger partial charge in [-0.25, -0.2) is 8.78 Å². The van der Waals surface area contributed by atoms with Crippen molar-refractivity contribution in [3.8, 4) is 0 Å². The van der Waals surface area contributed by atoms with Crippen molar-refractivity contribution < 1.29 is 21.4 Å². The van der Waals surface area contributed by atoms with Crippen molar-refractivity contribution in [3.05, 3.63) is 0 Å². The highest BCUT2D eigenvalue weighted by Crippen LogP contribution is 2.17. The molecule has 0 amide bonds. The lowest BCUT2D eigenvalue weighted by Crippen LogP contribution is -2.26. The van der Waals surface area contributed by atoms with Crippen molar-refractivity contribution in [2.75, 3.05) is 13.3 Å². The summed E-state index contributed by atoms with van der Waals surface area (Å²) in [6.45, 7) is -1.75. The van der Waals surface area contributed by atoms with E-state index in [1.807, 2.05) is 0 Å². The van der Waals surface area contributed by atoms with Crippen LogP contribution in [0.25, 0.3) is 0 Å². The second-order valence-corrected chi connectivity index (χ2v) is 2.58. The third-order valence-corrected chi connectivity index (χ3v) is 1.93. The Kier molecular flexibility index (Phi) is 2.70. The minimum Gasteiger partial charge on any atom is -0.259 e. The molecule has 0 spiro atoms. The Hall–Kier alpha value is -0.0700. The van der Waals surface area contributed by atoms with E-state index in [-0.39, 0.29) is 0 Å². The van der Waals surface area contributed by atoms with Gasteiger partial charge in [0.1, 0.15) is 25.6 Å². The summed E-state index contributed by atoms with van der Waals surface area (Å²) in [6.07, 6.45) is -2.02. The summed E-state index contributed by atoms with van der Waals surface area (Å²) in [5.41, 5.74) is 0. The molecule has 1 saturated heterocycles. The van der Waals surface area contributed by atoms with Gasteiger partial charge in [-0.15, -0.1) is 0 Å². The molecule has 1 heterocycles. The lowest BCUT2D eigenvalue weighted by atomic mass is 10.2. The molecule has 0 radical (unpaired) electrons. The summed E-state index contributed by atoms with van der Waals surface area (Å²) in [5.74, 6) is 0. The van der Waals surface area contributed by atoms with E-state index in [0.717, 1.165) is 0 Å². The topological polar surface area (TPSA) is 35.5 Å². The van der Waals surface area contributed by atoms with Gasteiger partial charge in [0, 0.05) is 0 Å². The average Bonchev–Trinajstić information content (AvgIpc) is 2.30. The molecular weight excluding hydrogens is 166 g/mol. The fourth-order valence-corrected chi connectivity index (χ4v) is 1.40. The van der Waals surface area contributed by atoms with Crippen molar-refractivity contribution >= 4 is 11.4 Å². The maximum atomic E-state index is 11.8. The standard InChI is InChI=1S/C4H6F2O3S/c5-1-3-4(2-6)9-10(7)8-3/h3-4H,1-2H2. The van der Waals surface area contributed by atoms with Crippen LogP contribution in [0.4, 0.5) is 8.78 Å². The molecule has 0 aromatic heterocycles. The molecule has 60 valence electrons. The maximum Gasteiger partial charge on any atom is 0.305 e. The molecule has 6 heteroatoms. The molecule has 2 atom stereocenters. The lowest BCUT2D eigenvalue weighted by molar-refractivity contribution is 0.106. The van der Waals surface area contributed by atoms with Crippen molar-refractivity contribution in [1.82, 2.24) is 0 Å². The van der Waals surface area contributed by atoms with E-state index in [1.54, 1.807) is 0 Å². The Labute approximate surface area is 59.2 Å². The van der Waals surface area contributed by atoms with E-state index >= 15 is 0 Å². The molecule has 0 N–H and O–H groups in total. The molecule has 0 bridgehead atoms. The van der Waals surface area contributed by atoms with Gasteiger partial charge in [-0.3, -0.25) is 8.37 Å². The first kappa shape index (κ1) is 8.03. The SMILES string of the molecule is O=S1OC(CF)C(CF)O1. The Morgan fingerprint density at radius 2 is 1.60 bits per heavy atom. The van der Waals surface area contributed by atoms with Gasteiger partial charge in [0.15, 0.2) is 0 Å². The number of hydrogen-bond acceptors (Lipinski definition) is 3. The number of halogens is 2. The molecule has 0 saturated carbocycles. The largest absolute Gasteiger partial charge is 0.305 e. The highest BCUT2D eigenvalue weighted by Gasteiger charge is 2.35. The van der Waals surface area contributed by atoms with E-state index in [1.165, 1.54) is 0 Å². The molecule has 1 aliphatic heterocycles. The Bertz CT molecular complexity index is 128. The third kappa shape index (κ3) is 1.50. The molecule has 1 fully saturated rings. The van der Waals surface area contributed by atoms with Gasteiger partial charge in [-0.1, -0.05) is 0 Å². The number of alkyl halides is 2. The fourth-order valence-electron chi connectivity index (χ4n) is 0.599. The second kappa shape index (κ2) is 3.36. The van der Waals surface area contributed by atoms with E-state index in [2.05, 4.69) is 8.37 Å². The van der Waals surface area contributed by atoms with Crippen LogP contribution >= 0.6 is 0 Å². The predicted molar refractivity (Wildman–Crippen MR) is 29.8 cm³/mol. The maximum absolute atomic E-state index is 11.8. The summed E-state index contributed by atoms with van der Waals surface area (Å²) in [6, 6.07) is 0. The molecule has 1 rings (SSSR count).